The number of carbonyl (C=O) groups is 1. The predicted octanol–water partition coefficient (Wildman–Crippen LogP) is 1.35. The number of nitrogens with zero attached hydrogens (tertiary/aromatic N) is 1. The second-order valence-corrected chi connectivity index (χ2v) is 2.77. The number of carbonyl (C=O) groups excluding carboxylic acids is 1. The number of nitro groups is 1. The highest BCUT2D eigenvalue weighted by molar-refractivity contribution is 5.90. The van der Waals surface area contributed by atoms with Crippen molar-refractivity contribution >= 4 is 11.7 Å². The van der Waals surface area contributed by atoms with Crippen LogP contribution in [-0.4, -0.2) is 10.9 Å². The van der Waals surface area contributed by atoms with Crippen molar-refractivity contribution in [3.63, 3.8) is 0 Å². The van der Waals surface area contributed by atoms with Gasteiger partial charge in [-0.25, -0.2) is 0 Å². The number of rotatable bonds is 2. The van der Waals surface area contributed by atoms with Gasteiger partial charge < -0.3 is 16.1 Å². The fourth-order valence-electron chi connectivity index (χ4n) is 1.03. The lowest BCUT2D eigenvalue weighted by molar-refractivity contribution is -0.386. The molecular weight excluding hydrogens is 245 g/mol. The average molecular weight is 252 g/mol. The van der Waals surface area contributed by atoms with Gasteiger partial charge in [0.25, 0.3) is 5.69 Å². The van der Waals surface area contributed by atoms with Crippen LogP contribution in [0, 0.1) is 10.1 Å². The molecule has 0 bridgehead atoms. The van der Waals surface area contributed by atoms with Crippen LogP contribution in [-0.2, 0) is 6.18 Å². The van der Waals surface area contributed by atoms with Gasteiger partial charge in [-0.2, -0.15) is 13.2 Å². The Kier molecular flexibility index (Phi) is 4.18. The molecule has 0 unspecified atom stereocenters. The molecule has 0 atom stereocenters. The highest BCUT2D eigenvalue weighted by Crippen LogP contribution is 2.32. The third-order valence-corrected chi connectivity index (χ3v) is 1.74. The van der Waals surface area contributed by atoms with Gasteiger partial charge in [0.1, 0.15) is 0 Å². The molecule has 4 N–H and O–H groups in total. The maximum absolute atomic E-state index is 12.2. The molecule has 9 heteroatoms. The molecule has 0 spiro atoms. The summed E-state index contributed by atoms with van der Waals surface area (Å²) in [4.78, 5) is 19.5. The molecule has 17 heavy (non-hydrogen) atoms. The van der Waals surface area contributed by atoms with Crippen molar-refractivity contribution in [2.75, 3.05) is 0 Å². The Morgan fingerprint density at radius 2 is 1.82 bits per heavy atom. The van der Waals surface area contributed by atoms with Crippen LogP contribution in [0.15, 0.2) is 18.2 Å². The number of nitro benzene ring substituents is 1. The Labute approximate surface area is 92.4 Å². The van der Waals surface area contributed by atoms with Crippen LogP contribution in [0.4, 0.5) is 18.9 Å². The molecule has 0 fully saturated rings. The maximum Gasteiger partial charge on any atom is 0.416 e. The van der Waals surface area contributed by atoms with Crippen LogP contribution in [0.25, 0.3) is 0 Å². The lowest BCUT2D eigenvalue weighted by Gasteiger charge is -2.08. The third kappa shape index (κ3) is 3.14. The molecule has 0 aliphatic rings. The zero-order chi connectivity index (χ0) is 12.5. The van der Waals surface area contributed by atoms with E-state index in [2.05, 4.69) is 0 Å². The van der Waals surface area contributed by atoms with Crippen LogP contribution in [0.5, 0.6) is 0 Å². The predicted molar refractivity (Wildman–Crippen MR) is 48.4 cm³/mol. The van der Waals surface area contributed by atoms with Gasteiger partial charge in [0.05, 0.1) is 22.0 Å². The second-order valence-electron chi connectivity index (χ2n) is 2.77. The second kappa shape index (κ2) is 4.78. The molecule has 1 aromatic carbocycles. The van der Waals surface area contributed by atoms with Gasteiger partial charge in [0.2, 0.25) is 0 Å². The maximum atomic E-state index is 12.2. The number of aromatic carboxylic acids is 1. The molecule has 0 aliphatic heterocycles. The summed E-state index contributed by atoms with van der Waals surface area (Å²) in [6, 6.07) is 1.10. The van der Waals surface area contributed by atoms with Crippen molar-refractivity contribution in [1.29, 1.82) is 0 Å². The number of alkyl halides is 3. The number of hydrogen-bond donors (Lipinski definition) is 1. The Hall–Kier alpha value is -2.16. The smallest absolute Gasteiger partial charge is 0.416 e. The molecule has 0 heterocycles. The summed E-state index contributed by atoms with van der Waals surface area (Å²) in [5.41, 5.74) is -3.32. The number of halogens is 3. The summed E-state index contributed by atoms with van der Waals surface area (Å²) in [6.07, 6.45) is -4.77. The minimum Gasteiger partial charge on any atom is -0.545 e. The first-order valence-corrected chi connectivity index (χ1v) is 3.80. The summed E-state index contributed by atoms with van der Waals surface area (Å²) >= 11 is 0. The van der Waals surface area contributed by atoms with Crippen LogP contribution in [0.3, 0.4) is 0 Å². The van der Waals surface area contributed by atoms with Crippen molar-refractivity contribution < 1.29 is 28.0 Å². The van der Waals surface area contributed by atoms with E-state index in [0.29, 0.717) is 12.1 Å². The first-order chi connectivity index (χ1) is 7.23. The number of carboxylic acid groups (broad SMARTS) is 1. The molecule has 0 radical (unpaired) electrons. The zero-order valence-corrected chi connectivity index (χ0v) is 8.45. The van der Waals surface area contributed by atoms with E-state index in [1.165, 1.54) is 0 Å². The highest BCUT2D eigenvalue weighted by Gasteiger charge is 2.33. The van der Waals surface area contributed by atoms with Gasteiger partial charge in [0.15, 0.2) is 0 Å². The fourth-order valence-corrected chi connectivity index (χ4v) is 1.03. The summed E-state index contributed by atoms with van der Waals surface area (Å²) < 4.78 is 36.5. The summed E-state index contributed by atoms with van der Waals surface area (Å²) in [5, 5.41) is 20.7. The van der Waals surface area contributed by atoms with Crippen molar-refractivity contribution in [2.45, 2.75) is 6.18 Å². The first-order valence-electron chi connectivity index (χ1n) is 3.80. The molecule has 94 valence electrons. The molecule has 0 aromatic heterocycles. The van der Waals surface area contributed by atoms with Gasteiger partial charge >= 0.3 is 6.18 Å². The number of benzene rings is 1. The summed E-state index contributed by atoms with van der Waals surface area (Å²) in [7, 11) is 0. The number of hydrogen-bond acceptors (Lipinski definition) is 4. The van der Waals surface area contributed by atoms with E-state index in [9.17, 15) is 33.2 Å². The lowest BCUT2D eigenvalue weighted by atomic mass is 10.1. The van der Waals surface area contributed by atoms with Gasteiger partial charge in [-0.15, -0.1) is 0 Å². The number of carboxylic acids is 1. The highest BCUT2D eigenvalue weighted by atomic mass is 19.4. The Bertz CT molecular complexity index is 459. The molecule has 1 rings (SSSR count). The zero-order valence-electron chi connectivity index (χ0n) is 8.45. The van der Waals surface area contributed by atoms with Crippen LogP contribution < -0.4 is 11.3 Å². The van der Waals surface area contributed by atoms with Crippen molar-refractivity contribution in [3.8, 4) is 0 Å². The van der Waals surface area contributed by atoms with Crippen LogP contribution in [0.1, 0.15) is 15.9 Å². The van der Waals surface area contributed by atoms with Crippen LogP contribution in [0.2, 0.25) is 0 Å². The molecule has 6 nitrogen and oxygen atoms in total. The molecule has 0 amide bonds. The van der Waals surface area contributed by atoms with E-state index in [1.54, 1.807) is 0 Å². The lowest BCUT2D eigenvalue weighted by Crippen LogP contribution is -2.23. The molecule has 0 saturated carbocycles. The third-order valence-electron chi connectivity index (χ3n) is 1.74. The summed E-state index contributed by atoms with van der Waals surface area (Å²) in [6.45, 7) is 0. The normalized spacial score (nSPS) is 10.5. The molecule has 0 aliphatic carbocycles. The summed E-state index contributed by atoms with van der Waals surface area (Å²) in [5.74, 6) is -1.90. The van der Waals surface area contributed by atoms with Gasteiger partial charge in [-0.1, -0.05) is 0 Å². The van der Waals surface area contributed by atoms with Gasteiger partial charge in [-0.3, -0.25) is 10.1 Å². The van der Waals surface area contributed by atoms with E-state index in [1.807, 2.05) is 0 Å². The monoisotopic (exact) mass is 252 g/mol. The Morgan fingerprint density at radius 3 is 2.18 bits per heavy atom. The largest absolute Gasteiger partial charge is 0.545 e. The Morgan fingerprint density at radius 1 is 1.29 bits per heavy atom. The first kappa shape index (κ1) is 14.8. The van der Waals surface area contributed by atoms with Crippen LogP contribution >= 0.6 is 0 Å². The Balaban J connectivity index is 0.00000256. The minimum absolute atomic E-state index is 0. The molecule has 0 saturated heterocycles. The minimum atomic E-state index is -4.77. The van der Waals surface area contributed by atoms with Gasteiger partial charge in [-0.05, 0) is 12.1 Å². The molecular formula is C8H7F3N2O4. The topological polar surface area (TPSA) is 120 Å². The number of quaternary nitrogens is 1. The standard InChI is InChI=1S/C8H4F3NO4.H3N/c9-8(10,11)4-1-2-5(7(13)14)6(3-4)12(15)16;/h1-3H,(H,13,14);1H3. The van der Waals surface area contributed by atoms with E-state index in [0.717, 1.165) is 0 Å². The van der Waals surface area contributed by atoms with Gasteiger partial charge in [0, 0.05) is 6.07 Å². The molecule has 1 aromatic rings. The van der Waals surface area contributed by atoms with E-state index < -0.39 is 33.9 Å². The van der Waals surface area contributed by atoms with Crippen molar-refractivity contribution in [1.82, 2.24) is 6.15 Å². The quantitative estimate of drug-likeness (QED) is 0.630. The van der Waals surface area contributed by atoms with E-state index >= 15 is 0 Å². The average Bonchev–Trinajstić information content (AvgIpc) is 2.15. The SMILES string of the molecule is O=C([O-])c1ccc(C(F)(F)F)cc1[N+](=O)[O-].[NH4+]. The van der Waals surface area contributed by atoms with Crippen molar-refractivity contribution in [3.05, 3.63) is 39.4 Å². The fraction of sp³-hybridized carbons (Fsp3) is 0.125. The van der Waals surface area contributed by atoms with E-state index in [-0.39, 0.29) is 12.2 Å². The van der Waals surface area contributed by atoms with E-state index in [4.69, 9.17) is 0 Å². The van der Waals surface area contributed by atoms with Crippen molar-refractivity contribution in [2.24, 2.45) is 0 Å².